The largest absolute Gasteiger partial charge is 0.375 e. The monoisotopic (exact) mass is 265 g/mol. The van der Waals surface area contributed by atoms with Gasteiger partial charge in [-0.05, 0) is 19.9 Å². The van der Waals surface area contributed by atoms with E-state index in [0.29, 0.717) is 12.6 Å². The van der Waals surface area contributed by atoms with Gasteiger partial charge in [0.25, 0.3) is 6.43 Å². The molecular formula is C14H29F2NO. The number of halogens is 2. The Morgan fingerprint density at radius 2 is 1.67 bits per heavy atom. The SMILES string of the molecule is CCCCCCCCC(CCOCC(F)F)NC. The Labute approximate surface area is 110 Å². The zero-order valence-corrected chi connectivity index (χ0v) is 11.9. The Bertz CT molecular complexity index is 168. The van der Waals surface area contributed by atoms with E-state index in [1.807, 2.05) is 7.05 Å². The van der Waals surface area contributed by atoms with Gasteiger partial charge in [-0.25, -0.2) is 8.78 Å². The smallest absolute Gasteiger partial charge is 0.261 e. The van der Waals surface area contributed by atoms with Gasteiger partial charge in [0.2, 0.25) is 0 Å². The molecule has 0 aliphatic rings. The minimum atomic E-state index is -2.35. The summed E-state index contributed by atoms with van der Waals surface area (Å²) < 4.78 is 28.6. The maximum atomic E-state index is 11.9. The highest BCUT2D eigenvalue weighted by Crippen LogP contribution is 2.10. The molecule has 0 amide bonds. The lowest BCUT2D eigenvalue weighted by molar-refractivity contribution is 0.0143. The molecule has 0 heterocycles. The van der Waals surface area contributed by atoms with E-state index in [0.717, 1.165) is 12.8 Å². The van der Waals surface area contributed by atoms with E-state index in [1.54, 1.807) is 0 Å². The van der Waals surface area contributed by atoms with E-state index in [-0.39, 0.29) is 0 Å². The summed E-state index contributed by atoms with van der Waals surface area (Å²) in [6, 6.07) is 0.397. The Balaban J connectivity index is 3.35. The topological polar surface area (TPSA) is 21.3 Å². The van der Waals surface area contributed by atoms with Crippen molar-refractivity contribution in [1.82, 2.24) is 5.32 Å². The van der Waals surface area contributed by atoms with Gasteiger partial charge in [-0.2, -0.15) is 0 Å². The van der Waals surface area contributed by atoms with E-state index in [2.05, 4.69) is 12.2 Å². The lowest BCUT2D eigenvalue weighted by Gasteiger charge is -2.16. The summed E-state index contributed by atoms with van der Waals surface area (Å²) in [5.74, 6) is 0. The summed E-state index contributed by atoms with van der Waals surface area (Å²) in [5.41, 5.74) is 0. The fourth-order valence-corrected chi connectivity index (χ4v) is 2.00. The van der Waals surface area contributed by atoms with Crippen molar-refractivity contribution in [2.45, 2.75) is 70.8 Å². The Kier molecular flexibility index (Phi) is 13.1. The quantitative estimate of drug-likeness (QED) is 0.508. The molecule has 0 saturated carbocycles. The fraction of sp³-hybridized carbons (Fsp3) is 1.00. The first-order valence-corrected chi connectivity index (χ1v) is 7.23. The molecule has 110 valence electrons. The van der Waals surface area contributed by atoms with Gasteiger partial charge in [-0.1, -0.05) is 45.4 Å². The lowest BCUT2D eigenvalue weighted by Crippen LogP contribution is -2.27. The molecule has 2 nitrogen and oxygen atoms in total. The van der Waals surface area contributed by atoms with Crippen LogP contribution in [0.5, 0.6) is 0 Å². The number of hydrogen-bond donors (Lipinski definition) is 1. The van der Waals surface area contributed by atoms with Crippen LogP contribution < -0.4 is 5.32 Å². The van der Waals surface area contributed by atoms with E-state index < -0.39 is 13.0 Å². The van der Waals surface area contributed by atoms with Gasteiger partial charge in [0, 0.05) is 12.6 Å². The van der Waals surface area contributed by atoms with Crippen molar-refractivity contribution in [2.24, 2.45) is 0 Å². The number of nitrogens with one attached hydrogen (secondary N) is 1. The molecule has 0 aromatic heterocycles. The van der Waals surface area contributed by atoms with Gasteiger partial charge in [-0.15, -0.1) is 0 Å². The van der Waals surface area contributed by atoms with Crippen LogP contribution in [0.2, 0.25) is 0 Å². The normalized spacial score (nSPS) is 13.2. The lowest BCUT2D eigenvalue weighted by atomic mass is 10.0. The van der Waals surface area contributed by atoms with Crippen molar-refractivity contribution in [3.8, 4) is 0 Å². The van der Waals surface area contributed by atoms with Crippen molar-refractivity contribution >= 4 is 0 Å². The average Bonchev–Trinajstić information content (AvgIpc) is 2.35. The highest BCUT2D eigenvalue weighted by atomic mass is 19.3. The molecule has 0 bridgehead atoms. The molecule has 1 atom stereocenters. The van der Waals surface area contributed by atoms with Gasteiger partial charge in [0.1, 0.15) is 6.61 Å². The number of rotatable bonds is 13. The van der Waals surface area contributed by atoms with Crippen LogP contribution in [0, 0.1) is 0 Å². The number of ether oxygens (including phenoxy) is 1. The molecule has 4 heteroatoms. The van der Waals surface area contributed by atoms with Gasteiger partial charge in [-0.3, -0.25) is 0 Å². The first-order valence-electron chi connectivity index (χ1n) is 7.23. The molecule has 0 saturated heterocycles. The number of hydrogen-bond acceptors (Lipinski definition) is 2. The Morgan fingerprint density at radius 1 is 1.00 bits per heavy atom. The summed E-state index contributed by atoms with van der Waals surface area (Å²) in [6.45, 7) is 2.20. The molecule has 0 aromatic carbocycles. The predicted molar refractivity (Wildman–Crippen MR) is 72.3 cm³/mol. The minimum absolute atomic E-state index is 0.397. The second-order valence-electron chi connectivity index (χ2n) is 4.80. The summed E-state index contributed by atoms with van der Waals surface area (Å²) in [6.07, 6.45) is 7.32. The maximum absolute atomic E-state index is 11.9. The van der Waals surface area contributed by atoms with Crippen LogP contribution in [-0.4, -0.2) is 32.7 Å². The van der Waals surface area contributed by atoms with Crippen LogP contribution in [0.15, 0.2) is 0 Å². The van der Waals surface area contributed by atoms with Crippen molar-refractivity contribution in [3.63, 3.8) is 0 Å². The number of alkyl halides is 2. The molecule has 0 rings (SSSR count). The average molecular weight is 265 g/mol. The molecular weight excluding hydrogens is 236 g/mol. The third kappa shape index (κ3) is 12.2. The van der Waals surface area contributed by atoms with Crippen molar-refractivity contribution < 1.29 is 13.5 Å². The van der Waals surface area contributed by atoms with Crippen LogP contribution in [0.1, 0.15) is 58.3 Å². The van der Waals surface area contributed by atoms with E-state index in [4.69, 9.17) is 4.74 Å². The van der Waals surface area contributed by atoms with E-state index in [1.165, 1.54) is 38.5 Å². The highest BCUT2D eigenvalue weighted by Gasteiger charge is 2.07. The molecule has 0 radical (unpaired) electrons. The van der Waals surface area contributed by atoms with Gasteiger partial charge < -0.3 is 10.1 Å². The minimum Gasteiger partial charge on any atom is -0.375 e. The molecule has 1 N–H and O–H groups in total. The van der Waals surface area contributed by atoms with Crippen molar-refractivity contribution in [1.29, 1.82) is 0 Å². The zero-order chi connectivity index (χ0) is 13.6. The van der Waals surface area contributed by atoms with Gasteiger partial charge >= 0.3 is 0 Å². The Hall–Kier alpha value is -0.220. The molecule has 0 aromatic rings. The van der Waals surface area contributed by atoms with Crippen molar-refractivity contribution in [2.75, 3.05) is 20.3 Å². The second kappa shape index (κ2) is 13.2. The van der Waals surface area contributed by atoms with Gasteiger partial charge in [0.15, 0.2) is 0 Å². The second-order valence-corrected chi connectivity index (χ2v) is 4.80. The fourth-order valence-electron chi connectivity index (χ4n) is 2.00. The molecule has 0 spiro atoms. The van der Waals surface area contributed by atoms with Crippen LogP contribution in [-0.2, 0) is 4.74 Å². The van der Waals surface area contributed by atoms with E-state index >= 15 is 0 Å². The third-order valence-corrected chi connectivity index (χ3v) is 3.17. The first-order chi connectivity index (χ1) is 8.70. The van der Waals surface area contributed by atoms with Crippen LogP contribution in [0.4, 0.5) is 8.78 Å². The highest BCUT2D eigenvalue weighted by molar-refractivity contribution is 4.64. The third-order valence-electron chi connectivity index (χ3n) is 3.17. The number of unbranched alkanes of at least 4 members (excludes halogenated alkanes) is 5. The standard InChI is InChI=1S/C14H29F2NO/c1-3-4-5-6-7-8-9-13(17-2)10-11-18-12-14(15)16/h13-14,17H,3-12H2,1-2H3. The summed E-state index contributed by atoms with van der Waals surface area (Å²) >= 11 is 0. The summed E-state index contributed by atoms with van der Waals surface area (Å²) in [4.78, 5) is 0. The van der Waals surface area contributed by atoms with E-state index in [9.17, 15) is 8.78 Å². The maximum Gasteiger partial charge on any atom is 0.261 e. The van der Waals surface area contributed by atoms with Gasteiger partial charge in [0.05, 0.1) is 0 Å². The summed E-state index contributed by atoms with van der Waals surface area (Å²) in [7, 11) is 1.93. The molecule has 18 heavy (non-hydrogen) atoms. The van der Waals surface area contributed by atoms with Crippen LogP contribution in [0.3, 0.4) is 0 Å². The Morgan fingerprint density at radius 3 is 2.28 bits per heavy atom. The van der Waals surface area contributed by atoms with Crippen LogP contribution in [0.25, 0.3) is 0 Å². The molecule has 1 unspecified atom stereocenters. The van der Waals surface area contributed by atoms with Crippen LogP contribution >= 0.6 is 0 Å². The van der Waals surface area contributed by atoms with Crippen molar-refractivity contribution in [3.05, 3.63) is 0 Å². The zero-order valence-electron chi connectivity index (χ0n) is 11.9. The molecule has 0 aliphatic heterocycles. The first kappa shape index (κ1) is 17.8. The molecule has 0 fully saturated rings. The predicted octanol–water partition coefficient (Wildman–Crippen LogP) is 4.00. The molecule has 0 aliphatic carbocycles. The summed E-state index contributed by atoms with van der Waals surface area (Å²) in [5, 5.41) is 3.22.